The van der Waals surface area contributed by atoms with Crippen LogP contribution in [0.3, 0.4) is 0 Å². The number of nitrogens with one attached hydrogen (secondary N) is 1. The van der Waals surface area contributed by atoms with Gasteiger partial charge < -0.3 is 25.7 Å². The highest BCUT2D eigenvalue weighted by Crippen LogP contribution is 2.49. The van der Waals surface area contributed by atoms with Crippen LogP contribution >= 0.6 is 11.8 Å². The summed E-state index contributed by atoms with van der Waals surface area (Å²) in [5.74, 6) is -2.80. The van der Waals surface area contributed by atoms with Gasteiger partial charge in [-0.05, 0) is 25.0 Å². The number of aromatic nitrogens is 2. The minimum Gasteiger partial charge on any atom is -0.381 e. The normalized spacial score (nSPS) is 21.0. The Hall–Kier alpha value is -2.79. The number of hydrogen-bond acceptors (Lipinski definition) is 8. The van der Waals surface area contributed by atoms with Crippen LogP contribution in [0, 0.1) is 10.8 Å². The third-order valence-corrected chi connectivity index (χ3v) is 7.73. The lowest BCUT2D eigenvalue weighted by atomic mass is 9.76. The topological polar surface area (TPSA) is 108 Å². The van der Waals surface area contributed by atoms with Crippen LogP contribution in [0.5, 0.6) is 0 Å². The standard InChI is InChI=1S/C22H24F2N6O2S/c1-13(31)30-11-22(23,24)18-14(30)3-2-4-15(18)33-20-19(26)28-17(9-27-20)29-7-5-21(6-8-29)12-32-10-16(21)25/h2-4,9,25H,5-8,10-12H2,1H3,(H2,26,28). The fourth-order valence-corrected chi connectivity index (χ4v) is 5.72. The molecule has 0 aliphatic carbocycles. The van der Waals surface area contributed by atoms with Crippen molar-refractivity contribution in [2.45, 2.75) is 35.6 Å². The fourth-order valence-electron chi connectivity index (χ4n) is 4.76. The maximum atomic E-state index is 14.8. The van der Waals surface area contributed by atoms with Gasteiger partial charge in [0, 0.05) is 36.0 Å². The number of alkyl halides is 2. The van der Waals surface area contributed by atoms with Gasteiger partial charge in [-0.3, -0.25) is 4.79 Å². The van der Waals surface area contributed by atoms with Crippen molar-refractivity contribution in [1.29, 1.82) is 5.41 Å². The van der Waals surface area contributed by atoms with E-state index in [4.69, 9.17) is 15.9 Å². The third-order valence-electron chi connectivity index (χ3n) is 6.67. The van der Waals surface area contributed by atoms with E-state index in [2.05, 4.69) is 14.9 Å². The summed E-state index contributed by atoms with van der Waals surface area (Å²) in [6, 6.07) is 4.75. The second-order valence-electron chi connectivity index (χ2n) is 8.72. The molecule has 0 unspecified atom stereocenters. The molecule has 0 radical (unpaired) electrons. The van der Waals surface area contributed by atoms with E-state index in [-0.39, 0.29) is 22.5 Å². The largest absolute Gasteiger partial charge is 0.381 e. The molecule has 1 spiro atoms. The van der Waals surface area contributed by atoms with Gasteiger partial charge in [-0.15, -0.1) is 0 Å². The Morgan fingerprint density at radius 3 is 2.70 bits per heavy atom. The zero-order chi connectivity index (χ0) is 23.4. The third kappa shape index (κ3) is 3.72. The van der Waals surface area contributed by atoms with Crippen LogP contribution in [0.1, 0.15) is 25.3 Å². The molecule has 33 heavy (non-hydrogen) atoms. The number of anilines is 3. The van der Waals surface area contributed by atoms with E-state index in [0.717, 1.165) is 29.5 Å². The zero-order valence-electron chi connectivity index (χ0n) is 18.1. The Labute approximate surface area is 194 Å². The molecule has 0 saturated carbocycles. The van der Waals surface area contributed by atoms with Gasteiger partial charge in [-0.2, -0.15) is 8.78 Å². The average Bonchev–Trinajstić information content (AvgIpc) is 3.27. The summed E-state index contributed by atoms with van der Waals surface area (Å²) >= 11 is 1.03. The molecular weight excluding hydrogens is 450 g/mol. The quantitative estimate of drug-likeness (QED) is 0.703. The predicted octanol–water partition coefficient (Wildman–Crippen LogP) is 3.30. The van der Waals surface area contributed by atoms with E-state index in [0.29, 0.717) is 47.8 Å². The Morgan fingerprint density at radius 2 is 2.06 bits per heavy atom. The summed E-state index contributed by atoms with van der Waals surface area (Å²) in [7, 11) is 0. The SMILES string of the molecule is CC(=O)N1CC(F)(F)c2c(Sc3ncc(N4CCC5(CC4)COCC5=N)nc3N)cccc21. The second-order valence-corrected chi connectivity index (χ2v) is 9.75. The first-order chi connectivity index (χ1) is 15.7. The number of carbonyl (C=O) groups excluding carboxylic acids is 1. The molecule has 0 bridgehead atoms. The molecule has 3 aliphatic heterocycles. The van der Waals surface area contributed by atoms with Crippen molar-refractivity contribution < 1.29 is 18.3 Å². The Bertz CT molecular complexity index is 1140. The fraction of sp³-hybridized carbons (Fsp3) is 0.455. The average molecular weight is 475 g/mol. The minimum absolute atomic E-state index is 0.164. The van der Waals surface area contributed by atoms with E-state index >= 15 is 0 Å². The van der Waals surface area contributed by atoms with E-state index in [1.54, 1.807) is 18.3 Å². The summed E-state index contributed by atoms with van der Waals surface area (Å²) in [6.45, 7) is 3.03. The van der Waals surface area contributed by atoms with Gasteiger partial charge >= 0.3 is 0 Å². The van der Waals surface area contributed by atoms with Crippen molar-refractivity contribution in [2.24, 2.45) is 5.41 Å². The molecule has 3 aliphatic rings. The van der Waals surface area contributed by atoms with E-state index in [1.807, 2.05) is 0 Å². The number of nitrogens with two attached hydrogens (primary N) is 1. The zero-order valence-corrected chi connectivity index (χ0v) is 18.9. The van der Waals surface area contributed by atoms with E-state index < -0.39 is 18.4 Å². The molecule has 2 fully saturated rings. The van der Waals surface area contributed by atoms with Gasteiger partial charge in [0.2, 0.25) is 5.91 Å². The second kappa shape index (κ2) is 7.91. The minimum atomic E-state index is -3.16. The Kier molecular flexibility index (Phi) is 5.28. The molecule has 4 heterocycles. The molecule has 1 amide bonds. The van der Waals surface area contributed by atoms with Crippen molar-refractivity contribution in [1.82, 2.24) is 9.97 Å². The van der Waals surface area contributed by atoms with Crippen molar-refractivity contribution in [3.63, 3.8) is 0 Å². The number of benzene rings is 1. The maximum absolute atomic E-state index is 14.8. The first kappa shape index (κ1) is 22.0. The molecular formula is C22H24F2N6O2S. The van der Waals surface area contributed by atoms with Crippen molar-refractivity contribution in [3.05, 3.63) is 30.0 Å². The van der Waals surface area contributed by atoms with Gasteiger partial charge in [0.15, 0.2) is 5.82 Å². The van der Waals surface area contributed by atoms with Crippen LogP contribution in [0.15, 0.2) is 34.3 Å². The highest BCUT2D eigenvalue weighted by molar-refractivity contribution is 7.99. The molecule has 2 aromatic rings. The lowest BCUT2D eigenvalue weighted by Crippen LogP contribution is -2.44. The lowest BCUT2D eigenvalue weighted by Gasteiger charge is -2.38. The number of rotatable bonds is 3. The molecule has 2 saturated heterocycles. The van der Waals surface area contributed by atoms with E-state index in [1.165, 1.54) is 13.0 Å². The molecule has 5 rings (SSSR count). The monoisotopic (exact) mass is 474 g/mol. The van der Waals surface area contributed by atoms with Crippen LogP contribution in [0.25, 0.3) is 0 Å². The highest BCUT2D eigenvalue weighted by Gasteiger charge is 2.47. The molecule has 174 valence electrons. The Balaban J connectivity index is 1.36. The number of hydrogen-bond donors (Lipinski definition) is 2. The van der Waals surface area contributed by atoms with E-state index in [9.17, 15) is 13.6 Å². The summed E-state index contributed by atoms with van der Waals surface area (Å²) < 4.78 is 35.0. The molecule has 3 N–H and O–H groups in total. The number of halogens is 2. The number of ether oxygens (including phenoxy) is 1. The number of piperidine rings is 1. The van der Waals surface area contributed by atoms with Crippen LogP contribution in [-0.4, -0.2) is 54.4 Å². The molecule has 1 aromatic heterocycles. The smallest absolute Gasteiger partial charge is 0.293 e. The predicted molar refractivity (Wildman–Crippen MR) is 121 cm³/mol. The van der Waals surface area contributed by atoms with Crippen molar-refractivity contribution in [3.8, 4) is 0 Å². The first-order valence-corrected chi connectivity index (χ1v) is 11.5. The van der Waals surface area contributed by atoms with Crippen LogP contribution in [0.2, 0.25) is 0 Å². The number of fused-ring (bicyclic) bond motifs is 1. The van der Waals surface area contributed by atoms with Gasteiger partial charge in [-0.25, -0.2) is 9.97 Å². The first-order valence-electron chi connectivity index (χ1n) is 10.7. The summed E-state index contributed by atoms with van der Waals surface area (Å²) in [4.78, 5) is 24.2. The number of nitrogen functional groups attached to an aromatic ring is 1. The van der Waals surface area contributed by atoms with Gasteiger partial charge in [0.25, 0.3) is 5.92 Å². The molecule has 11 heteroatoms. The number of carbonyl (C=O) groups is 1. The highest BCUT2D eigenvalue weighted by atomic mass is 32.2. The molecule has 0 atom stereocenters. The maximum Gasteiger partial charge on any atom is 0.293 e. The number of amides is 1. The molecule has 1 aromatic carbocycles. The van der Waals surface area contributed by atoms with Gasteiger partial charge in [0.05, 0.1) is 37.2 Å². The van der Waals surface area contributed by atoms with Crippen LogP contribution in [-0.2, 0) is 15.5 Å². The summed E-state index contributed by atoms with van der Waals surface area (Å²) in [5, 5.41) is 8.51. The van der Waals surface area contributed by atoms with Crippen LogP contribution < -0.4 is 15.5 Å². The lowest BCUT2D eigenvalue weighted by molar-refractivity contribution is -0.117. The van der Waals surface area contributed by atoms with Gasteiger partial charge in [0.1, 0.15) is 10.8 Å². The Morgan fingerprint density at radius 1 is 1.30 bits per heavy atom. The summed E-state index contributed by atoms with van der Waals surface area (Å²) in [6.07, 6.45) is 3.22. The van der Waals surface area contributed by atoms with Crippen molar-refractivity contribution >= 4 is 40.7 Å². The summed E-state index contributed by atoms with van der Waals surface area (Å²) in [5.41, 5.74) is 6.70. The van der Waals surface area contributed by atoms with Crippen molar-refractivity contribution in [2.75, 3.05) is 48.4 Å². The van der Waals surface area contributed by atoms with Crippen LogP contribution in [0.4, 0.5) is 26.1 Å². The number of nitrogens with zero attached hydrogens (tertiary/aromatic N) is 4. The van der Waals surface area contributed by atoms with Gasteiger partial charge in [-0.1, -0.05) is 17.8 Å². The molecule has 8 nitrogen and oxygen atoms in total.